The predicted octanol–water partition coefficient (Wildman–Crippen LogP) is 5.16. The molecular weight excluding hydrogens is 404 g/mol. The monoisotopic (exact) mass is 432 g/mol. The molecule has 0 heterocycles. The minimum atomic E-state index is -0.480. The zero-order chi connectivity index (χ0) is 21.1. The van der Waals surface area contributed by atoms with E-state index in [1.54, 1.807) is 16.7 Å². The van der Waals surface area contributed by atoms with Crippen LogP contribution < -0.4 is 5.32 Å². The molecule has 29 heavy (non-hydrogen) atoms. The summed E-state index contributed by atoms with van der Waals surface area (Å²) in [6.07, 6.45) is 1.81. The topological polar surface area (TPSA) is 49.4 Å². The summed E-state index contributed by atoms with van der Waals surface area (Å²) in [6, 6.07) is 17.0. The summed E-state index contributed by atoms with van der Waals surface area (Å²) in [5, 5.41) is 3.59. The lowest BCUT2D eigenvalue weighted by atomic mass is 10.1. The first kappa shape index (κ1) is 23.3. The Labute approximate surface area is 183 Å². The number of nitrogens with one attached hydrogen (secondary N) is 1. The van der Waals surface area contributed by atoms with Crippen LogP contribution in [0.15, 0.2) is 59.5 Å². The third-order valence-electron chi connectivity index (χ3n) is 4.53. The second-order valence-corrected chi connectivity index (χ2v) is 8.38. The standard InChI is InChI=1S/C23H29ClN2O2S/c1-3-15-25-23(28)21(4-2)26(17-18-10-12-19(24)13-11-18)22(27)14-16-29-20-8-6-5-7-9-20/h5-13,21H,3-4,14-17H2,1-2H3,(H,25,28). The van der Waals surface area contributed by atoms with Gasteiger partial charge in [0.25, 0.3) is 0 Å². The number of rotatable bonds is 11. The molecule has 2 aromatic carbocycles. The SMILES string of the molecule is CCCNC(=O)C(CC)N(Cc1ccc(Cl)cc1)C(=O)CCSc1ccccc1. The van der Waals surface area contributed by atoms with Gasteiger partial charge < -0.3 is 10.2 Å². The Hall–Kier alpha value is -1.98. The van der Waals surface area contributed by atoms with Crippen LogP contribution in [0.2, 0.25) is 5.02 Å². The second-order valence-electron chi connectivity index (χ2n) is 6.77. The normalized spacial score (nSPS) is 11.7. The number of hydrogen-bond donors (Lipinski definition) is 1. The van der Waals surface area contributed by atoms with Crippen molar-refractivity contribution in [3.8, 4) is 0 Å². The van der Waals surface area contributed by atoms with Crippen LogP contribution in [0, 0.1) is 0 Å². The van der Waals surface area contributed by atoms with Gasteiger partial charge in [-0.15, -0.1) is 11.8 Å². The first-order valence-electron chi connectivity index (χ1n) is 10.0. The quantitative estimate of drug-likeness (QED) is 0.499. The molecule has 0 aliphatic rings. The molecule has 156 valence electrons. The Bertz CT molecular complexity index is 768. The zero-order valence-electron chi connectivity index (χ0n) is 17.1. The fourth-order valence-electron chi connectivity index (χ4n) is 2.99. The van der Waals surface area contributed by atoms with E-state index in [9.17, 15) is 9.59 Å². The van der Waals surface area contributed by atoms with E-state index in [1.165, 1.54) is 0 Å². The molecular formula is C23H29ClN2O2S. The highest BCUT2D eigenvalue weighted by Crippen LogP contribution is 2.20. The maximum absolute atomic E-state index is 13.1. The molecule has 0 aliphatic carbocycles. The Kier molecular flexibility index (Phi) is 10.1. The van der Waals surface area contributed by atoms with Crippen LogP contribution in [0.4, 0.5) is 0 Å². The molecule has 0 radical (unpaired) electrons. The van der Waals surface area contributed by atoms with Crippen molar-refractivity contribution in [2.75, 3.05) is 12.3 Å². The number of hydrogen-bond acceptors (Lipinski definition) is 3. The molecule has 0 saturated heterocycles. The van der Waals surface area contributed by atoms with E-state index in [4.69, 9.17) is 11.6 Å². The Balaban J connectivity index is 2.09. The summed E-state index contributed by atoms with van der Waals surface area (Å²) in [4.78, 5) is 28.6. The molecule has 0 bridgehead atoms. The number of carbonyl (C=O) groups excluding carboxylic acids is 2. The van der Waals surface area contributed by atoms with Gasteiger partial charge in [-0.05, 0) is 42.7 Å². The average Bonchev–Trinajstić information content (AvgIpc) is 2.74. The minimum absolute atomic E-state index is 0.0121. The van der Waals surface area contributed by atoms with Crippen molar-refractivity contribution in [1.82, 2.24) is 10.2 Å². The summed E-state index contributed by atoms with van der Waals surface area (Å²) in [6.45, 7) is 4.96. The molecule has 2 rings (SSSR count). The van der Waals surface area contributed by atoms with Gasteiger partial charge in [0.15, 0.2) is 0 Å². The third kappa shape index (κ3) is 7.75. The molecule has 0 fully saturated rings. The van der Waals surface area contributed by atoms with Gasteiger partial charge in [0.2, 0.25) is 11.8 Å². The molecule has 1 atom stereocenters. The number of nitrogens with zero attached hydrogens (tertiary/aromatic N) is 1. The van der Waals surface area contributed by atoms with Gasteiger partial charge in [0.1, 0.15) is 6.04 Å². The molecule has 0 aliphatic heterocycles. The highest BCUT2D eigenvalue weighted by atomic mass is 35.5. The first-order chi connectivity index (χ1) is 14.0. The number of halogens is 1. The lowest BCUT2D eigenvalue weighted by Crippen LogP contribution is -2.49. The van der Waals surface area contributed by atoms with Gasteiger partial charge in [0, 0.05) is 35.2 Å². The van der Waals surface area contributed by atoms with Gasteiger partial charge in [-0.25, -0.2) is 0 Å². The van der Waals surface area contributed by atoms with Crippen LogP contribution in [-0.2, 0) is 16.1 Å². The molecule has 2 aromatic rings. The largest absolute Gasteiger partial charge is 0.354 e. The van der Waals surface area contributed by atoms with Crippen molar-refractivity contribution in [1.29, 1.82) is 0 Å². The highest BCUT2D eigenvalue weighted by molar-refractivity contribution is 7.99. The molecule has 1 N–H and O–H groups in total. The Morgan fingerprint density at radius 1 is 1.07 bits per heavy atom. The van der Waals surface area contributed by atoms with Gasteiger partial charge in [-0.1, -0.05) is 55.8 Å². The molecule has 0 saturated carbocycles. The average molecular weight is 433 g/mol. The van der Waals surface area contributed by atoms with Crippen molar-refractivity contribution < 1.29 is 9.59 Å². The number of carbonyl (C=O) groups is 2. The van der Waals surface area contributed by atoms with Crippen LogP contribution >= 0.6 is 23.4 Å². The zero-order valence-corrected chi connectivity index (χ0v) is 18.6. The minimum Gasteiger partial charge on any atom is -0.354 e. The fraction of sp³-hybridized carbons (Fsp3) is 0.391. The second kappa shape index (κ2) is 12.6. The van der Waals surface area contributed by atoms with E-state index < -0.39 is 6.04 Å². The van der Waals surface area contributed by atoms with Crippen LogP contribution in [0.5, 0.6) is 0 Å². The molecule has 0 aromatic heterocycles. The Morgan fingerprint density at radius 3 is 2.38 bits per heavy atom. The third-order valence-corrected chi connectivity index (χ3v) is 5.79. The lowest BCUT2D eigenvalue weighted by Gasteiger charge is -2.30. The van der Waals surface area contributed by atoms with Crippen molar-refractivity contribution in [3.05, 3.63) is 65.2 Å². The number of amides is 2. The van der Waals surface area contributed by atoms with E-state index >= 15 is 0 Å². The highest BCUT2D eigenvalue weighted by Gasteiger charge is 2.28. The van der Waals surface area contributed by atoms with Crippen molar-refractivity contribution >= 4 is 35.2 Å². The number of thioether (sulfide) groups is 1. The van der Waals surface area contributed by atoms with Crippen LogP contribution in [0.3, 0.4) is 0 Å². The van der Waals surface area contributed by atoms with Gasteiger partial charge in [-0.2, -0.15) is 0 Å². The van der Waals surface area contributed by atoms with Crippen LogP contribution in [0.1, 0.15) is 38.7 Å². The van der Waals surface area contributed by atoms with Gasteiger partial charge >= 0.3 is 0 Å². The van der Waals surface area contributed by atoms with E-state index in [0.29, 0.717) is 36.7 Å². The molecule has 1 unspecified atom stereocenters. The summed E-state index contributed by atoms with van der Waals surface area (Å²) >= 11 is 7.64. The Morgan fingerprint density at radius 2 is 1.76 bits per heavy atom. The van der Waals surface area contributed by atoms with E-state index in [2.05, 4.69) is 5.32 Å². The fourth-order valence-corrected chi connectivity index (χ4v) is 3.98. The summed E-state index contributed by atoms with van der Waals surface area (Å²) in [5.41, 5.74) is 0.959. The van der Waals surface area contributed by atoms with Crippen molar-refractivity contribution in [3.63, 3.8) is 0 Å². The number of benzene rings is 2. The summed E-state index contributed by atoms with van der Waals surface area (Å²) in [7, 11) is 0. The van der Waals surface area contributed by atoms with E-state index in [0.717, 1.165) is 16.9 Å². The molecule has 4 nitrogen and oxygen atoms in total. The van der Waals surface area contributed by atoms with Crippen LogP contribution in [0.25, 0.3) is 0 Å². The van der Waals surface area contributed by atoms with Crippen molar-refractivity contribution in [2.24, 2.45) is 0 Å². The molecule has 2 amide bonds. The predicted molar refractivity (Wildman–Crippen MR) is 121 cm³/mol. The maximum Gasteiger partial charge on any atom is 0.242 e. The van der Waals surface area contributed by atoms with E-state index in [-0.39, 0.29) is 11.8 Å². The lowest BCUT2D eigenvalue weighted by molar-refractivity contribution is -0.141. The molecule has 0 spiro atoms. The van der Waals surface area contributed by atoms with Gasteiger partial charge in [-0.3, -0.25) is 9.59 Å². The van der Waals surface area contributed by atoms with Gasteiger partial charge in [0.05, 0.1) is 0 Å². The van der Waals surface area contributed by atoms with Crippen LogP contribution in [-0.4, -0.2) is 35.1 Å². The summed E-state index contributed by atoms with van der Waals surface area (Å²) < 4.78 is 0. The van der Waals surface area contributed by atoms with Crippen molar-refractivity contribution in [2.45, 2.75) is 50.6 Å². The smallest absolute Gasteiger partial charge is 0.242 e. The molecule has 6 heteroatoms. The van der Waals surface area contributed by atoms with E-state index in [1.807, 2.05) is 68.4 Å². The summed E-state index contributed by atoms with van der Waals surface area (Å²) in [5.74, 6) is 0.571. The first-order valence-corrected chi connectivity index (χ1v) is 11.4. The maximum atomic E-state index is 13.1.